The molecule has 12 nitrogen and oxygen atoms in total. The molecule has 0 saturated carbocycles. The Morgan fingerprint density at radius 1 is 1.39 bits per heavy atom. The van der Waals surface area contributed by atoms with Crippen LogP contribution in [-0.4, -0.2) is 73.9 Å². The van der Waals surface area contributed by atoms with E-state index in [4.69, 9.17) is 5.26 Å². The number of aliphatic hydroxyl groups excluding tert-OH is 2. The SMILES string of the molecule is CC1CCN(C(=O)CC#N)C(O)(O)C1N(C)C1=C2C(O)=C(O)NC2NC(=O)N1. The van der Waals surface area contributed by atoms with Gasteiger partial charge in [-0.3, -0.25) is 15.0 Å². The highest BCUT2D eigenvalue weighted by atomic mass is 16.5. The molecule has 7 N–H and O–H groups in total. The van der Waals surface area contributed by atoms with Crippen LogP contribution in [-0.2, 0) is 4.79 Å². The smallest absolute Gasteiger partial charge is 0.322 e. The zero-order valence-electron chi connectivity index (χ0n) is 15.3. The van der Waals surface area contributed by atoms with Gasteiger partial charge in [-0.05, 0) is 12.3 Å². The van der Waals surface area contributed by atoms with Crippen molar-refractivity contribution in [1.82, 2.24) is 25.8 Å². The Morgan fingerprint density at radius 2 is 2.07 bits per heavy atom. The van der Waals surface area contributed by atoms with Crippen LogP contribution in [0.3, 0.4) is 0 Å². The fourth-order valence-corrected chi connectivity index (χ4v) is 3.97. The summed E-state index contributed by atoms with van der Waals surface area (Å²) in [6.45, 7) is 1.80. The Labute approximate surface area is 160 Å². The minimum atomic E-state index is -2.63. The molecule has 0 aliphatic carbocycles. The van der Waals surface area contributed by atoms with Crippen molar-refractivity contribution in [2.24, 2.45) is 5.92 Å². The van der Waals surface area contributed by atoms with Gasteiger partial charge < -0.3 is 36.0 Å². The van der Waals surface area contributed by atoms with Crippen LogP contribution >= 0.6 is 0 Å². The minimum absolute atomic E-state index is 0.0432. The monoisotopic (exact) mass is 394 g/mol. The molecule has 0 bridgehead atoms. The summed E-state index contributed by atoms with van der Waals surface area (Å²) < 4.78 is 0. The normalized spacial score (nSPS) is 28.8. The first-order chi connectivity index (χ1) is 13.1. The molecule has 0 aromatic carbocycles. The molecule has 3 atom stereocenters. The van der Waals surface area contributed by atoms with E-state index in [-0.39, 0.29) is 23.9 Å². The van der Waals surface area contributed by atoms with E-state index >= 15 is 0 Å². The topological polar surface area (TPSA) is 181 Å². The number of hydrogen-bond donors (Lipinski definition) is 7. The molecular formula is C16H22N6O6. The highest BCUT2D eigenvalue weighted by Gasteiger charge is 2.52. The van der Waals surface area contributed by atoms with Crippen LogP contribution in [0.15, 0.2) is 23.0 Å². The lowest BCUT2D eigenvalue weighted by Crippen LogP contribution is -2.69. The molecule has 3 unspecified atom stereocenters. The van der Waals surface area contributed by atoms with Crippen molar-refractivity contribution < 1.29 is 30.0 Å². The molecule has 1 fully saturated rings. The Balaban J connectivity index is 2.01. The summed E-state index contributed by atoms with van der Waals surface area (Å²) in [7, 11) is 1.47. The summed E-state index contributed by atoms with van der Waals surface area (Å²) in [4.78, 5) is 26.3. The van der Waals surface area contributed by atoms with E-state index in [9.17, 15) is 30.0 Å². The Hall–Kier alpha value is -3.17. The number of piperidine rings is 1. The van der Waals surface area contributed by atoms with Crippen LogP contribution in [0, 0.1) is 17.2 Å². The number of nitrogens with one attached hydrogen (secondary N) is 3. The van der Waals surface area contributed by atoms with Crippen molar-refractivity contribution in [1.29, 1.82) is 5.26 Å². The van der Waals surface area contributed by atoms with Gasteiger partial charge in [0.15, 0.2) is 5.76 Å². The van der Waals surface area contributed by atoms with Gasteiger partial charge in [0, 0.05) is 13.6 Å². The largest absolute Gasteiger partial charge is 0.503 e. The number of nitrogens with zero attached hydrogens (tertiary/aromatic N) is 3. The van der Waals surface area contributed by atoms with Gasteiger partial charge in [-0.2, -0.15) is 5.26 Å². The molecular weight excluding hydrogens is 372 g/mol. The first-order valence-corrected chi connectivity index (χ1v) is 8.65. The van der Waals surface area contributed by atoms with Gasteiger partial charge in [0.1, 0.15) is 24.4 Å². The van der Waals surface area contributed by atoms with E-state index in [2.05, 4.69) is 16.0 Å². The van der Waals surface area contributed by atoms with Crippen molar-refractivity contribution in [2.45, 2.75) is 37.9 Å². The van der Waals surface area contributed by atoms with Gasteiger partial charge in [-0.1, -0.05) is 6.92 Å². The Bertz CT molecular complexity index is 815. The molecule has 0 aromatic heterocycles. The average Bonchev–Trinajstić information content (AvgIpc) is 2.87. The number of likely N-dealkylation sites (N-methyl/N-ethyl adjacent to an activating group) is 1. The predicted octanol–water partition coefficient (Wildman–Crippen LogP) is -1.55. The Kier molecular flexibility index (Phi) is 4.74. The summed E-state index contributed by atoms with van der Waals surface area (Å²) in [5.74, 6) is -4.68. The highest BCUT2D eigenvalue weighted by molar-refractivity contribution is 5.80. The lowest BCUT2D eigenvalue weighted by molar-refractivity contribution is -0.305. The molecule has 3 aliphatic rings. The second-order valence-electron chi connectivity index (χ2n) is 7.02. The van der Waals surface area contributed by atoms with Crippen LogP contribution in [0.1, 0.15) is 19.8 Å². The van der Waals surface area contributed by atoms with Crippen molar-refractivity contribution >= 4 is 11.9 Å². The van der Waals surface area contributed by atoms with Crippen molar-refractivity contribution in [3.05, 3.63) is 23.0 Å². The van der Waals surface area contributed by atoms with E-state index in [1.165, 1.54) is 11.9 Å². The number of amides is 3. The molecule has 3 amide bonds. The first-order valence-electron chi connectivity index (χ1n) is 8.65. The second-order valence-corrected chi connectivity index (χ2v) is 7.02. The van der Waals surface area contributed by atoms with Gasteiger partial charge in [0.2, 0.25) is 11.8 Å². The minimum Gasteiger partial charge on any atom is -0.503 e. The van der Waals surface area contributed by atoms with E-state index in [1.54, 1.807) is 13.0 Å². The third-order valence-corrected chi connectivity index (χ3v) is 5.25. The van der Waals surface area contributed by atoms with Gasteiger partial charge >= 0.3 is 6.03 Å². The van der Waals surface area contributed by atoms with Gasteiger partial charge in [-0.25, -0.2) is 4.79 Å². The summed E-state index contributed by atoms with van der Waals surface area (Å²) >= 11 is 0. The maximum atomic E-state index is 12.2. The lowest BCUT2D eigenvalue weighted by atomic mass is 9.88. The number of likely N-dealkylation sites (tertiary alicyclic amines) is 1. The number of hydrogen-bond acceptors (Lipinski definition) is 9. The highest BCUT2D eigenvalue weighted by Crippen LogP contribution is 2.36. The van der Waals surface area contributed by atoms with E-state index in [0.717, 1.165) is 4.90 Å². The quantitative estimate of drug-likeness (QED) is 0.279. The van der Waals surface area contributed by atoms with Crippen LogP contribution in [0.2, 0.25) is 0 Å². The fraction of sp³-hybridized carbons (Fsp3) is 0.562. The third-order valence-electron chi connectivity index (χ3n) is 5.25. The second kappa shape index (κ2) is 6.77. The average molecular weight is 394 g/mol. The standard InChI is InChI=1S/C16H22N6O6/c1-7-4-6-22(8(23)3-5-17)16(27,28)11(7)21(2)13-9-10(24)14(25)18-12(9)19-15(26)20-13/h7,11-12,18,24-25,27-28H,3-4,6H2,1-2H3,(H2,19,20,26). The Morgan fingerprint density at radius 3 is 2.71 bits per heavy atom. The first kappa shape index (κ1) is 19.6. The molecule has 12 heteroatoms. The molecule has 3 rings (SSSR count). The fourth-order valence-electron chi connectivity index (χ4n) is 3.97. The number of carbonyl (C=O) groups is 2. The van der Waals surface area contributed by atoms with Crippen LogP contribution in [0.5, 0.6) is 0 Å². The molecule has 3 heterocycles. The van der Waals surface area contributed by atoms with Crippen molar-refractivity contribution in [2.75, 3.05) is 13.6 Å². The number of rotatable bonds is 3. The van der Waals surface area contributed by atoms with Gasteiger partial charge in [0.25, 0.3) is 5.91 Å². The van der Waals surface area contributed by atoms with Crippen molar-refractivity contribution in [3.63, 3.8) is 0 Å². The third kappa shape index (κ3) is 2.94. The number of aliphatic hydroxyl groups is 4. The van der Waals surface area contributed by atoms with E-state index in [1.807, 2.05) is 0 Å². The van der Waals surface area contributed by atoms with E-state index < -0.39 is 48.1 Å². The molecule has 0 radical (unpaired) electrons. The van der Waals surface area contributed by atoms with Crippen LogP contribution < -0.4 is 16.0 Å². The molecule has 3 aliphatic heterocycles. The van der Waals surface area contributed by atoms with Crippen LogP contribution in [0.4, 0.5) is 4.79 Å². The molecule has 0 spiro atoms. The van der Waals surface area contributed by atoms with E-state index in [0.29, 0.717) is 6.42 Å². The number of urea groups is 1. The molecule has 1 saturated heterocycles. The number of carbonyl (C=O) groups excluding carboxylic acids is 2. The zero-order valence-corrected chi connectivity index (χ0v) is 15.3. The molecule has 152 valence electrons. The van der Waals surface area contributed by atoms with Crippen molar-refractivity contribution in [3.8, 4) is 6.07 Å². The summed E-state index contributed by atoms with van der Waals surface area (Å²) in [5.41, 5.74) is 0.114. The predicted molar refractivity (Wildman–Crippen MR) is 92.3 cm³/mol. The number of fused-ring (bicyclic) bond motifs is 1. The molecule has 28 heavy (non-hydrogen) atoms. The number of nitriles is 1. The maximum absolute atomic E-state index is 12.2. The lowest BCUT2D eigenvalue weighted by Gasteiger charge is -2.51. The van der Waals surface area contributed by atoms with Crippen LogP contribution in [0.25, 0.3) is 0 Å². The maximum Gasteiger partial charge on any atom is 0.322 e. The zero-order chi connectivity index (χ0) is 20.8. The summed E-state index contributed by atoms with van der Waals surface area (Å²) in [6, 6.07) is -0.0368. The summed E-state index contributed by atoms with van der Waals surface area (Å²) in [5, 5.41) is 57.8. The molecule has 0 aromatic rings. The van der Waals surface area contributed by atoms with Gasteiger partial charge in [0.05, 0.1) is 11.6 Å². The summed E-state index contributed by atoms with van der Waals surface area (Å²) in [6.07, 6.45) is -1.00. The van der Waals surface area contributed by atoms with Gasteiger partial charge in [-0.15, -0.1) is 0 Å².